The molecule has 2 aliphatic rings. The van der Waals surface area contributed by atoms with Crippen molar-refractivity contribution in [1.29, 1.82) is 0 Å². The number of alkyl halides is 3. The van der Waals surface area contributed by atoms with Crippen LogP contribution >= 0.6 is 12.4 Å². The number of rotatable bonds is 4. The summed E-state index contributed by atoms with van der Waals surface area (Å²) in [5, 5.41) is 0. The molecule has 158 valence electrons. The lowest BCUT2D eigenvalue weighted by Crippen LogP contribution is -2.29. The molecule has 0 bridgehead atoms. The van der Waals surface area contributed by atoms with Crippen LogP contribution in [0.2, 0.25) is 0 Å². The van der Waals surface area contributed by atoms with Crippen molar-refractivity contribution in [2.24, 2.45) is 11.8 Å². The lowest BCUT2D eigenvalue weighted by Gasteiger charge is -2.27. The summed E-state index contributed by atoms with van der Waals surface area (Å²) in [4.78, 5) is 8.33. The largest absolute Gasteiger partial charge is 0.497 e. The average Bonchev–Trinajstić information content (AvgIpc) is 3.17. The molecule has 2 aliphatic heterocycles. The Bertz CT molecular complexity index is 813. The van der Waals surface area contributed by atoms with E-state index in [0.717, 1.165) is 37.0 Å². The highest BCUT2D eigenvalue weighted by molar-refractivity contribution is 5.85. The molecule has 2 aromatic rings. The van der Waals surface area contributed by atoms with Crippen LogP contribution in [0.3, 0.4) is 0 Å². The molecule has 0 saturated carbocycles. The number of hydrogen-bond donors (Lipinski definition) is 0. The monoisotopic (exact) mass is 427 g/mol. The van der Waals surface area contributed by atoms with Crippen LogP contribution in [0.25, 0.3) is 0 Å². The van der Waals surface area contributed by atoms with Crippen molar-refractivity contribution in [3.63, 3.8) is 0 Å². The number of ether oxygens (including phenoxy) is 1. The molecule has 0 radical (unpaired) electrons. The van der Waals surface area contributed by atoms with Gasteiger partial charge in [-0.25, -0.2) is 0 Å². The highest BCUT2D eigenvalue weighted by Crippen LogP contribution is 2.44. The fourth-order valence-corrected chi connectivity index (χ4v) is 4.73. The summed E-state index contributed by atoms with van der Waals surface area (Å²) in [6.45, 7) is 3.57. The topological polar surface area (TPSA) is 28.6 Å². The van der Waals surface area contributed by atoms with Crippen molar-refractivity contribution >= 4 is 12.4 Å². The molecule has 4 rings (SSSR count). The zero-order valence-corrected chi connectivity index (χ0v) is 17.2. The maximum absolute atomic E-state index is 12.7. The second kappa shape index (κ2) is 8.50. The zero-order valence-electron chi connectivity index (χ0n) is 16.4. The number of fused-ring (bicyclic) bond motifs is 1. The van der Waals surface area contributed by atoms with E-state index in [1.165, 1.54) is 17.8 Å². The summed E-state index contributed by atoms with van der Waals surface area (Å²) in [5.74, 6) is 1.93. The minimum atomic E-state index is -4.39. The Morgan fingerprint density at radius 1 is 1.07 bits per heavy atom. The van der Waals surface area contributed by atoms with Crippen molar-refractivity contribution in [3.05, 3.63) is 59.4 Å². The van der Waals surface area contributed by atoms with Gasteiger partial charge >= 0.3 is 6.18 Å². The van der Waals surface area contributed by atoms with Crippen LogP contribution in [-0.2, 0) is 12.7 Å². The molecule has 3 heterocycles. The summed E-state index contributed by atoms with van der Waals surface area (Å²) < 4.78 is 43.3. The minimum Gasteiger partial charge on any atom is -0.497 e. The Hall–Kier alpha value is -1.83. The van der Waals surface area contributed by atoms with Crippen LogP contribution in [-0.4, -0.2) is 48.6 Å². The summed E-state index contributed by atoms with van der Waals surface area (Å²) in [6.07, 6.45) is -3.04. The second-order valence-corrected chi connectivity index (χ2v) is 7.83. The van der Waals surface area contributed by atoms with Crippen molar-refractivity contribution in [1.82, 2.24) is 14.8 Å². The molecular formula is C21H25ClF3N3O. The van der Waals surface area contributed by atoms with Gasteiger partial charge in [-0.2, -0.15) is 13.2 Å². The molecule has 1 aromatic carbocycles. The molecule has 0 spiro atoms. The number of benzene rings is 1. The van der Waals surface area contributed by atoms with Crippen LogP contribution in [0.15, 0.2) is 42.6 Å². The number of methoxy groups -OCH3 is 1. The van der Waals surface area contributed by atoms with E-state index < -0.39 is 11.9 Å². The predicted molar refractivity (Wildman–Crippen MR) is 107 cm³/mol. The highest BCUT2D eigenvalue weighted by atomic mass is 35.5. The fourth-order valence-electron chi connectivity index (χ4n) is 4.73. The van der Waals surface area contributed by atoms with Gasteiger partial charge in [0.25, 0.3) is 0 Å². The molecule has 2 fully saturated rings. The Morgan fingerprint density at radius 2 is 1.79 bits per heavy atom. The number of pyridine rings is 1. The molecular weight excluding hydrogens is 403 g/mol. The Balaban J connectivity index is 0.00000240. The highest BCUT2D eigenvalue weighted by Gasteiger charge is 2.45. The molecule has 8 heteroatoms. The van der Waals surface area contributed by atoms with E-state index >= 15 is 0 Å². The minimum absolute atomic E-state index is 0. The van der Waals surface area contributed by atoms with Gasteiger partial charge < -0.3 is 4.74 Å². The molecule has 4 nitrogen and oxygen atoms in total. The normalized spacial score (nSPS) is 24.9. The van der Waals surface area contributed by atoms with Gasteiger partial charge in [0.15, 0.2) is 0 Å². The summed E-state index contributed by atoms with van der Waals surface area (Å²) in [7, 11) is 3.83. The molecule has 2 saturated heterocycles. The molecule has 1 aromatic heterocycles. The average molecular weight is 428 g/mol. The second-order valence-electron chi connectivity index (χ2n) is 7.83. The van der Waals surface area contributed by atoms with Crippen molar-refractivity contribution in [3.8, 4) is 5.75 Å². The Kier molecular flexibility index (Phi) is 6.41. The van der Waals surface area contributed by atoms with Crippen molar-refractivity contribution in [2.75, 3.05) is 33.8 Å². The quantitative estimate of drug-likeness (QED) is 0.728. The first-order valence-corrected chi connectivity index (χ1v) is 9.44. The third kappa shape index (κ3) is 4.52. The number of aromatic nitrogens is 1. The maximum atomic E-state index is 12.7. The van der Waals surface area contributed by atoms with Gasteiger partial charge in [-0.15, -0.1) is 12.4 Å². The fraction of sp³-hybridized carbons (Fsp3) is 0.476. The summed E-state index contributed by atoms with van der Waals surface area (Å²) in [6, 6.07) is 11.2. The zero-order chi connectivity index (χ0) is 19.9. The van der Waals surface area contributed by atoms with Crippen molar-refractivity contribution in [2.45, 2.75) is 18.8 Å². The predicted octanol–water partition coefficient (Wildman–Crippen LogP) is 4.27. The SMILES string of the molecule is COc1ccc([C@@H]2[C@@H]3CN(Cc4ccc(C(F)(F)F)nc4)C[C@@H]3CN2C)cc1.Cl. The van der Waals surface area contributed by atoms with E-state index in [4.69, 9.17) is 4.74 Å². The molecule has 0 amide bonds. The van der Waals surface area contributed by atoms with Crippen LogP contribution in [0.5, 0.6) is 5.75 Å². The van der Waals surface area contributed by atoms with E-state index in [-0.39, 0.29) is 12.4 Å². The first-order valence-electron chi connectivity index (χ1n) is 9.44. The third-order valence-corrected chi connectivity index (χ3v) is 5.95. The van der Waals surface area contributed by atoms with Crippen molar-refractivity contribution < 1.29 is 17.9 Å². The lowest BCUT2D eigenvalue weighted by molar-refractivity contribution is -0.141. The van der Waals surface area contributed by atoms with Gasteiger partial charge in [-0.3, -0.25) is 14.8 Å². The van der Waals surface area contributed by atoms with E-state index in [1.807, 2.05) is 12.1 Å². The van der Waals surface area contributed by atoms with E-state index in [0.29, 0.717) is 24.4 Å². The molecule has 0 N–H and O–H groups in total. The molecule has 29 heavy (non-hydrogen) atoms. The summed E-state index contributed by atoms with van der Waals surface area (Å²) >= 11 is 0. The van der Waals surface area contributed by atoms with Gasteiger partial charge in [0.1, 0.15) is 11.4 Å². The van der Waals surface area contributed by atoms with Gasteiger partial charge in [0.2, 0.25) is 0 Å². The summed E-state index contributed by atoms with van der Waals surface area (Å²) in [5.41, 5.74) is 1.27. The van der Waals surface area contributed by atoms with Crippen LogP contribution < -0.4 is 4.74 Å². The van der Waals surface area contributed by atoms with Gasteiger partial charge in [-0.1, -0.05) is 18.2 Å². The number of nitrogens with zero attached hydrogens (tertiary/aromatic N) is 3. The maximum Gasteiger partial charge on any atom is 0.433 e. The Labute approximate surface area is 175 Å². The smallest absolute Gasteiger partial charge is 0.433 e. The number of hydrogen-bond acceptors (Lipinski definition) is 4. The van der Waals surface area contributed by atoms with Crippen LogP contribution in [0, 0.1) is 11.8 Å². The first-order chi connectivity index (χ1) is 13.3. The standard InChI is InChI=1S/C21H24F3N3O.ClH/c1-26-11-16-12-27(10-14-3-8-19(25-9-14)21(22,23)24)13-18(16)20(26)15-4-6-17(28-2)7-5-15;/h3-9,16,18,20H,10-13H2,1-2H3;1H/t16-,18+,20+;/m0./s1. The van der Waals surface area contributed by atoms with Crippen LogP contribution in [0.1, 0.15) is 22.9 Å². The molecule has 0 aliphatic carbocycles. The van der Waals surface area contributed by atoms with Gasteiger partial charge in [0, 0.05) is 38.4 Å². The van der Waals surface area contributed by atoms with Gasteiger partial charge in [0.05, 0.1) is 7.11 Å². The molecule has 0 unspecified atom stereocenters. The van der Waals surface area contributed by atoms with Gasteiger partial charge in [-0.05, 0) is 48.2 Å². The first kappa shape index (κ1) is 21.9. The molecule has 3 atom stereocenters. The van der Waals surface area contributed by atoms with E-state index in [9.17, 15) is 13.2 Å². The number of likely N-dealkylation sites (tertiary alicyclic amines) is 2. The van der Waals surface area contributed by atoms with E-state index in [1.54, 1.807) is 7.11 Å². The lowest BCUT2D eigenvalue weighted by atomic mass is 9.89. The van der Waals surface area contributed by atoms with Crippen LogP contribution in [0.4, 0.5) is 13.2 Å². The Morgan fingerprint density at radius 3 is 2.38 bits per heavy atom. The number of halogens is 4. The van der Waals surface area contributed by atoms with E-state index in [2.05, 4.69) is 34.0 Å². The third-order valence-electron chi connectivity index (χ3n) is 5.95.